The van der Waals surface area contributed by atoms with E-state index in [9.17, 15) is 9.59 Å². The van der Waals surface area contributed by atoms with Gasteiger partial charge in [0.2, 0.25) is 11.9 Å². The summed E-state index contributed by atoms with van der Waals surface area (Å²) in [6, 6.07) is 10.9. The molecule has 35 heavy (non-hydrogen) atoms. The van der Waals surface area contributed by atoms with Crippen molar-refractivity contribution in [3.63, 3.8) is 0 Å². The van der Waals surface area contributed by atoms with E-state index in [1.54, 1.807) is 23.9 Å². The third-order valence-electron chi connectivity index (χ3n) is 5.89. The van der Waals surface area contributed by atoms with Crippen LogP contribution in [0.5, 0.6) is 0 Å². The molecule has 0 radical (unpaired) electrons. The molecule has 2 aromatic heterocycles. The molecule has 3 heterocycles. The second-order valence-electron chi connectivity index (χ2n) is 8.65. The van der Waals surface area contributed by atoms with Crippen LogP contribution in [-0.4, -0.2) is 70.2 Å². The number of nitrogens with zero attached hydrogens (tertiary/aromatic N) is 6. The molecule has 10 heteroatoms. The van der Waals surface area contributed by atoms with Gasteiger partial charge in [-0.15, -0.1) is 0 Å². The first-order valence-electron chi connectivity index (χ1n) is 11.7. The number of morpholine rings is 1. The summed E-state index contributed by atoms with van der Waals surface area (Å²) in [6.45, 7) is 4.98. The number of ether oxygens (including phenoxy) is 1. The fraction of sp³-hybridized carbons (Fsp3) is 0.400. The second kappa shape index (κ2) is 11.2. The van der Waals surface area contributed by atoms with E-state index < -0.39 is 0 Å². The number of carbonyl (C=O) groups is 1. The van der Waals surface area contributed by atoms with Crippen molar-refractivity contribution in [3.05, 3.63) is 64.8 Å². The van der Waals surface area contributed by atoms with Crippen LogP contribution in [0.3, 0.4) is 0 Å². The molecule has 10 nitrogen and oxygen atoms in total. The third-order valence-corrected chi connectivity index (χ3v) is 5.89. The normalized spacial score (nSPS) is 15.9. The smallest absolute Gasteiger partial charge is 0.255 e. The average molecular weight is 478 g/mol. The van der Waals surface area contributed by atoms with Gasteiger partial charge in [0, 0.05) is 31.5 Å². The van der Waals surface area contributed by atoms with Crippen LogP contribution in [0.15, 0.2) is 53.7 Å². The first-order chi connectivity index (χ1) is 16.9. The zero-order valence-electron chi connectivity index (χ0n) is 20.3. The van der Waals surface area contributed by atoms with Gasteiger partial charge in [0.05, 0.1) is 31.1 Å². The standard InChI is InChI=1S/C25H31N7O3/c1-4-11-30(2)16-23(33)28-19-7-5-18(6-8-19)22-15-32(12-13-35-22)25-29-21(14-24(34)31(25)3)20-9-10-26-17-27-20/h5-10,14,17,22H,4,11-13,15-16H2,1-3H3,(H,28,33)/t22-/m1/s1. The summed E-state index contributed by atoms with van der Waals surface area (Å²) < 4.78 is 7.57. The van der Waals surface area contributed by atoms with Crippen molar-refractivity contribution in [1.29, 1.82) is 0 Å². The molecule has 1 saturated heterocycles. The quantitative estimate of drug-likeness (QED) is 0.526. The summed E-state index contributed by atoms with van der Waals surface area (Å²) in [6.07, 6.45) is 3.88. The summed E-state index contributed by atoms with van der Waals surface area (Å²) in [5.74, 6) is 0.531. The van der Waals surface area contributed by atoms with E-state index >= 15 is 0 Å². The Morgan fingerprint density at radius 2 is 2.03 bits per heavy atom. The van der Waals surface area contributed by atoms with Crippen LogP contribution < -0.4 is 15.8 Å². The van der Waals surface area contributed by atoms with Gasteiger partial charge in [0.1, 0.15) is 12.4 Å². The van der Waals surface area contributed by atoms with Crippen LogP contribution in [-0.2, 0) is 16.6 Å². The highest BCUT2D eigenvalue weighted by atomic mass is 16.5. The minimum absolute atomic E-state index is 0.0376. The zero-order chi connectivity index (χ0) is 24.8. The van der Waals surface area contributed by atoms with E-state index in [4.69, 9.17) is 9.72 Å². The first kappa shape index (κ1) is 24.5. The first-order valence-corrected chi connectivity index (χ1v) is 11.7. The minimum atomic E-state index is -0.191. The molecule has 1 aromatic carbocycles. The highest BCUT2D eigenvalue weighted by molar-refractivity contribution is 5.92. The molecule has 1 atom stereocenters. The lowest BCUT2D eigenvalue weighted by Gasteiger charge is -2.34. The number of nitrogens with one attached hydrogen (secondary N) is 1. The Labute approximate surface area is 204 Å². The average Bonchev–Trinajstić information content (AvgIpc) is 2.86. The molecule has 1 fully saturated rings. The summed E-state index contributed by atoms with van der Waals surface area (Å²) in [5.41, 5.74) is 2.70. The lowest BCUT2D eigenvalue weighted by atomic mass is 10.1. The highest BCUT2D eigenvalue weighted by Gasteiger charge is 2.25. The number of anilines is 2. The highest BCUT2D eigenvalue weighted by Crippen LogP contribution is 2.26. The molecule has 4 rings (SSSR count). The molecule has 1 aliphatic rings. The van der Waals surface area contributed by atoms with E-state index in [0.717, 1.165) is 24.2 Å². The maximum absolute atomic E-state index is 12.6. The van der Waals surface area contributed by atoms with Gasteiger partial charge in [-0.25, -0.2) is 15.0 Å². The number of hydrogen-bond donors (Lipinski definition) is 1. The van der Waals surface area contributed by atoms with Crippen molar-refractivity contribution in [2.24, 2.45) is 7.05 Å². The maximum Gasteiger partial charge on any atom is 0.255 e. The van der Waals surface area contributed by atoms with Crippen molar-refractivity contribution in [2.75, 3.05) is 50.1 Å². The number of hydrogen-bond acceptors (Lipinski definition) is 8. The van der Waals surface area contributed by atoms with E-state index in [0.29, 0.717) is 43.6 Å². The van der Waals surface area contributed by atoms with Gasteiger partial charge in [-0.05, 0) is 43.8 Å². The Kier molecular flexibility index (Phi) is 7.84. The summed E-state index contributed by atoms with van der Waals surface area (Å²) in [7, 11) is 3.65. The van der Waals surface area contributed by atoms with Crippen LogP contribution >= 0.6 is 0 Å². The van der Waals surface area contributed by atoms with E-state index in [1.807, 2.05) is 36.2 Å². The SMILES string of the molecule is CCCN(C)CC(=O)Nc1ccc([C@H]2CN(c3nc(-c4ccncn4)cc(=O)n3C)CCO2)cc1. The molecule has 0 bridgehead atoms. The lowest BCUT2D eigenvalue weighted by molar-refractivity contribution is -0.117. The summed E-state index contributed by atoms with van der Waals surface area (Å²) in [4.78, 5) is 41.8. The number of amides is 1. The van der Waals surface area contributed by atoms with Crippen LogP contribution in [0.1, 0.15) is 25.0 Å². The molecular formula is C25H31N7O3. The van der Waals surface area contributed by atoms with Crippen LogP contribution in [0, 0.1) is 0 Å². The van der Waals surface area contributed by atoms with Crippen LogP contribution in [0.25, 0.3) is 11.4 Å². The van der Waals surface area contributed by atoms with E-state index in [2.05, 4.69) is 27.1 Å². The zero-order valence-corrected chi connectivity index (χ0v) is 20.3. The monoisotopic (exact) mass is 477 g/mol. The van der Waals surface area contributed by atoms with Crippen molar-refractivity contribution >= 4 is 17.5 Å². The van der Waals surface area contributed by atoms with Gasteiger partial charge in [-0.1, -0.05) is 19.1 Å². The van der Waals surface area contributed by atoms with Crippen LogP contribution in [0.4, 0.5) is 11.6 Å². The van der Waals surface area contributed by atoms with Crippen LogP contribution in [0.2, 0.25) is 0 Å². The van der Waals surface area contributed by atoms with Gasteiger partial charge >= 0.3 is 0 Å². The van der Waals surface area contributed by atoms with Crippen molar-refractivity contribution in [1.82, 2.24) is 24.4 Å². The minimum Gasteiger partial charge on any atom is -0.370 e. The van der Waals surface area contributed by atoms with Crippen molar-refractivity contribution < 1.29 is 9.53 Å². The second-order valence-corrected chi connectivity index (χ2v) is 8.65. The topological polar surface area (TPSA) is 105 Å². The number of aromatic nitrogens is 4. The number of carbonyl (C=O) groups excluding carboxylic acids is 1. The predicted molar refractivity (Wildman–Crippen MR) is 134 cm³/mol. The Morgan fingerprint density at radius 3 is 2.74 bits per heavy atom. The number of likely N-dealkylation sites (N-methyl/N-ethyl adjacent to an activating group) is 1. The number of benzene rings is 1. The Balaban J connectivity index is 1.46. The van der Waals surface area contributed by atoms with E-state index in [1.165, 1.54) is 12.4 Å². The van der Waals surface area contributed by atoms with Gasteiger partial charge in [-0.3, -0.25) is 19.1 Å². The van der Waals surface area contributed by atoms with Gasteiger partial charge < -0.3 is 15.0 Å². The summed E-state index contributed by atoms with van der Waals surface area (Å²) in [5, 5.41) is 2.94. The largest absolute Gasteiger partial charge is 0.370 e. The molecule has 1 aliphatic heterocycles. The Hall–Kier alpha value is -3.63. The molecule has 0 saturated carbocycles. The molecule has 0 spiro atoms. The number of rotatable bonds is 8. The molecule has 3 aromatic rings. The maximum atomic E-state index is 12.6. The van der Waals surface area contributed by atoms with Gasteiger partial charge in [0.15, 0.2) is 0 Å². The molecular weight excluding hydrogens is 446 g/mol. The molecule has 184 valence electrons. The molecule has 0 aliphatic carbocycles. The fourth-order valence-corrected chi connectivity index (χ4v) is 4.10. The molecule has 0 unspecified atom stereocenters. The Bertz CT molecular complexity index is 1200. The third kappa shape index (κ3) is 6.09. The molecule has 1 N–H and O–H groups in total. The van der Waals surface area contributed by atoms with Gasteiger partial charge in [-0.2, -0.15) is 0 Å². The van der Waals surface area contributed by atoms with Gasteiger partial charge in [0.25, 0.3) is 5.56 Å². The summed E-state index contributed by atoms with van der Waals surface area (Å²) >= 11 is 0. The Morgan fingerprint density at radius 1 is 1.23 bits per heavy atom. The lowest BCUT2D eigenvalue weighted by Crippen LogP contribution is -2.41. The van der Waals surface area contributed by atoms with Crippen molar-refractivity contribution in [3.8, 4) is 11.4 Å². The predicted octanol–water partition coefficient (Wildman–Crippen LogP) is 2.10. The van der Waals surface area contributed by atoms with E-state index in [-0.39, 0.29) is 17.6 Å². The molecule has 1 amide bonds. The van der Waals surface area contributed by atoms with Crippen molar-refractivity contribution in [2.45, 2.75) is 19.4 Å². The fourth-order valence-electron chi connectivity index (χ4n) is 4.10.